The Balaban J connectivity index is 0.000000706. The summed E-state index contributed by atoms with van der Waals surface area (Å²) in [6.07, 6.45) is 1.81. The fourth-order valence-corrected chi connectivity index (χ4v) is 3.66. The monoisotopic (exact) mass is 546 g/mol. The van der Waals surface area contributed by atoms with Gasteiger partial charge in [-0.3, -0.25) is 4.67 Å². The first-order chi connectivity index (χ1) is 18.1. The number of nitrogens with zero attached hydrogens (tertiary/aromatic N) is 1. The van der Waals surface area contributed by atoms with Gasteiger partial charge in [0.15, 0.2) is 0 Å². The molecular formula is C27H35N2O8P. The van der Waals surface area contributed by atoms with Crippen molar-refractivity contribution in [2.75, 3.05) is 33.4 Å². The van der Waals surface area contributed by atoms with E-state index in [0.29, 0.717) is 17.2 Å². The zero-order valence-electron chi connectivity index (χ0n) is 22.1. The summed E-state index contributed by atoms with van der Waals surface area (Å²) in [6.45, 7) is 8.67. The molecular weight excluding hydrogens is 511 g/mol. The van der Waals surface area contributed by atoms with Crippen molar-refractivity contribution >= 4 is 33.6 Å². The van der Waals surface area contributed by atoms with Gasteiger partial charge in [0.1, 0.15) is 13.2 Å². The third kappa shape index (κ3) is 14.9. The predicted molar refractivity (Wildman–Crippen MR) is 141 cm³/mol. The molecule has 11 heteroatoms. The fourth-order valence-electron chi connectivity index (χ4n) is 3.29. The molecule has 0 saturated carbocycles. The lowest BCUT2D eigenvalue weighted by molar-refractivity contribution is -0.193. The number of hydrogen-bond acceptors (Lipinski definition) is 10. The molecule has 1 aliphatic heterocycles. The molecule has 0 radical (unpaired) electrons. The van der Waals surface area contributed by atoms with Gasteiger partial charge in [-0.05, 0) is 57.5 Å². The average Bonchev–Trinajstić information content (AvgIpc) is 2.90. The molecule has 2 aromatic carbocycles. The molecule has 38 heavy (non-hydrogen) atoms. The van der Waals surface area contributed by atoms with Gasteiger partial charge in [-0.25, -0.2) is 9.59 Å². The third-order valence-electron chi connectivity index (χ3n) is 5.48. The van der Waals surface area contributed by atoms with Gasteiger partial charge in [-0.1, -0.05) is 51.7 Å². The summed E-state index contributed by atoms with van der Waals surface area (Å²) < 4.78 is 12.4. The lowest BCUT2D eigenvalue weighted by Crippen LogP contribution is -2.45. The minimum atomic E-state index is -0.425. The number of carbonyl (C=O) groups is 2. The van der Waals surface area contributed by atoms with Crippen LogP contribution in [0.25, 0.3) is 0 Å². The van der Waals surface area contributed by atoms with Crippen LogP contribution in [0.5, 0.6) is 0 Å². The van der Waals surface area contributed by atoms with E-state index in [-0.39, 0.29) is 25.5 Å². The molecule has 1 heterocycles. The number of aryl methyl sites for hydroxylation is 2. The van der Waals surface area contributed by atoms with E-state index in [2.05, 4.69) is 26.3 Å². The normalized spacial score (nSPS) is 15.8. The van der Waals surface area contributed by atoms with Crippen LogP contribution in [-0.2, 0) is 28.7 Å². The van der Waals surface area contributed by atoms with Crippen molar-refractivity contribution in [3.63, 3.8) is 0 Å². The molecule has 1 fully saturated rings. The van der Waals surface area contributed by atoms with E-state index in [1.807, 2.05) is 45.2 Å². The molecule has 1 saturated heterocycles. The van der Waals surface area contributed by atoms with Gasteiger partial charge in [0.05, 0.1) is 11.1 Å². The number of nitrogens with one attached hydrogen (secondary N) is 1. The Morgan fingerprint density at radius 2 is 1.24 bits per heavy atom. The second-order valence-corrected chi connectivity index (χ2v) is 9.06. The number of piperidine rings is 1. The number of esters is 2. The first-order valence-electron chi connectivity index (χ1n) is 11.8. The van der Waals surface area contributed by atoms with Crippen LogP contribution in [0.1, 0.15) is 45.2 Å². The third-order valence-corrected chi connectivity index (χ3v) is 5.95. The Hall–Kier alpha value is -3.51. The van der Waals surface area contributed by atoms with Crippen molar-refractivity contribution < 1.29 is 38.2 Å². The van der Waals surface area contributed by atoms with Gasteiger partial charge in [0.2, 0.25) is 0 Å². The first-order valence-corrected chi connectivity index (χ1v) is 12.3. The van der Waals surface area contributed by atoms with Gasteiger partial charge in [-0.2, -0.15) is 19.2 Å². The van der Waals surface area contributed by atoms with Gasteiger partial charge in [0.25, 0.3) is 0 Å². The largest absolute Gasteiger partial charge is 0.458 e. The lowest BCUT2D eigenvalue weighted by Gasteiger charge is -2.34. The molecule has 0 aliphatic carbocycles. The Labute approximate surface area is 225 Å². The molecule has 0 spiro atoms. The van der Waals surface area contributed by atoms with E-state index in [0.717, 1.165) is 17.0 Å². The van der Waals surface area contributed by atoms with Crippen LogP contribution in [0.15, 0.2) is 48.5 Å². The number of likely N-dealkylation sites (N-methyl/N-ethyl adjacent to an activating group) is 1. The van der Waals surface area contributed by atoms with Crippen molar-refractivity contribution in [1.82, 2.24) is 9.99 Å². The maximum atomic E-state index is 11.7. The molecule has 0 aromatic heterocycles. The van der Waals surface area contributed by atoms with Gasteiger partial charge in [-0.15, -0.1) is 0 Å². The Kier molecular flexibility index (Phi) is 18.6. The lowest BCUT2D eigenvalue weighted by atomic mass is 9.95. The number of rotatable bonds is 6. The second-order valence-electron chi connectivity index (χ2n) is 8.33. The van der Waals surface area contributed by atoms with Crippen LogP contribution < -0.4 is 5.32 Å². The maximum Gasteiger partial charge on any atom is 0.373 e. The van der Waals surface area contributed by atoms with E-state index in [9.17, 15) is 9.59 Å². The Morgan fingerprint density at radius 1 is 0.868 bits per heavy atom. The summed E-state index contributed by atoms with van der Waals surface area (Å²) in [7, 11) is 4.81. The van der Waals surface area contributed by atoms with Crippen molar-refractivity contribution in [3.05, 3.63) is 70.8 Å². The van der Waals surface area contributed by atoms with Crippen LogP contribution in [0, 0.1) is 19.8 Å². The van der Waals surface area contributed by atoms with E-state index >= 15 is 0 Å². The first kappa shape index (κ1) is 34.5. The molecule has 1 unspecified atom stereocenters. The molecule has 10 nitrogen and oxygen atoms in total. The number of carbonyl (C=O) groups excluding carboxylic acids is 6. The highest BCUT2D eigenvalue weighted by Gasteiger charge is 2.22. The predicted octanol–water partition coefficient (Wildman–Crippen LogP) is 2.86. The van der Waals surface area contributed by atoms with E-state index < -0.39 is 11.9 Å². The SMILES string of the molecule is CN[C@H]1CN(P)CC[C@H]1C.Cc1ccc(C(=O)OCCOC(=O)c2ccc(C)cc2)cc1.O=C=O.O=C=O. The van der Waals surface area contributed by atoms with Crippen molar-refractivity contribution in [2.45, 2.75) is 33.2 Å². The molecule has 0 bridgehead atoms. The smallest absolute Gasteiger partial charge is 0.373 e. The molecule has 206 valence electrons. The van der Waals surface area contributed by atoms with Gasteiger partial charge in [0, 0.05) is 19.1 Å². The summed E-state index contributed by atoms with van der Waals surface area (Å²) in [5.74, 6) is -0.0143. The fraction of sp³-hybridized carbons (Fsp3) is 0.407. The van der Waals surface area contributed by atoms with E-state index in [4.69, 9.17) is 28.7 Å². The highest BCUT2D eigenvalue weighted by molar-refractivity contribution is 7.13. The minimum absolute atomic E-state index is 0.0321. The number of ether oxygens (including phenoxy) is 2. The number of hydrogen-bond donors (Lipinski definition) is 1. The summed E-state index contributed by atoms with van der Waals surface area (Å²) >= 11 is 0. The second kappa shape index (κ2) is 20.5. The van der Waals surface area contributed by atoms with Crippen molar-refractivity contribution in [3.8, 4) is 0 Å². The van der Waals surface area contributed by atoms with Gasteiger partial charge >= 0.3 is 24.2 Å². The summed E-state index contributed by atoms with van der Waals surface area (Å²) in [5.41, 5.74) is 3.11. The van der Waals surface area contributed by atoms with E-state index in [1.165, 1.54) is 19.5 Å². The summed E-state index contributed by atoms with van der Waals surface area (Å²) in [4.78, 5) is 56.0. The topological polar surface area (TPSA) is 136 Å². The summed E-state index contributed by atoms with van der Waals surface area (Å²) in [6, 6.07) is 14.9. The van der Waals surface area contributed by atoms with Crippen molar-refractivity contribution in [1.29, 1.82) is 0 Å². The molecule has 3 rings (SSSR count). The minimum Gasteiger partial charge on any atom is -0.458 e. The molecule has 1 aliphatic rings. The van der Waals surface area contributed by atoms with E-state index in [1.54, 1.807) is 24.3 Å². The molecule has 2 aromatic rings. The Bertz CT molecular complexity index is 961. The van der Waals surface area contributed by atoms with Gasteiger partial charge < -0.3 is 14.8 Å². The summed E-state index contributed by atoms with van der Waals surface area (Å²) in [5, 5.41) is 3.33. The highest BCUT2D eigenvalue weighted by atomic mass is 31.0. The zero-order chi connectivity index (χ0) is 28.9. The maximum absolute atomic E-state index is 11.7. The molecule has 3 atom stereocenters. The van der Waals surface area contributed by atoms with Crippen LogP contribution in [0.3, 0.4) is 0 Å². The average molecular weight is 547 g/mol. The number of benzene rings is 2. The standard InChI is InChI=1S/C18H18O4.C7H17N2P.2CO2/c1-13-3-7-15(8-4-13)17(19)21-11-12-22-18(20)16-9-5-14(2)6-10-16;1-6-3-4-9(10)5-7(6)8-2;2*2-1-3/h3-10H,11-12H2,1-2H3;6-8H,3-5,10H2,1-2H3;;/t;6-,7+;;/m.1../s1. The van der Waals surface area contributed by atoms with Crippen LogP contribution in [0.2, 0.25) is 0 Å². The van der Waals surface area contributed by atoms with Crippen molar-refractivity contribution in [2.24, 2.45) is 5.92 Å². The highest BCUT2D eigenvalue weighted by Crippen LogP contribution is 2.18. The van der Waals surface area contributed by atoms with Crippen LogP contribution in [0.4, 0.5) is 0 Å². The van der Waals surface area contributed by atoms with Crippen LogP contribution in [-0.4, -0.2) is 68.3 Å². The molecule has 0 amide bonds. The molecule has 1 N–H and O–H groups in total. The zero-order valence-corrected chi connectivity index (χ0v) is 23.3. The van der Waals surface area contributed by atoms with Crippen LogP contribution >= 0.6 is 9.39 Å². The quantitative estimate of drug-likeness (QED) is 0.327. The Morgan fingerprint density at radius 3 is 1.55 bits per heavy atom.